The Morgan fingerprint density at radius 2 is 1.96 bits per heavy atom. The molecule has 0 spiro atoms. The first-order valence-corrected chi connectivity index (χ1v) is 9.33. The Kier molecular flexibility index (Phi) is 5.93. The number of piperazine rings is 1. The summed E-state index contributed by atoms with van der Waals surface area (Å²) in [6.07, 6.45) is 2.29. The number of likely N-dealkylation sites (N-methyl/N-ethyl adjacent to an activating group) is 1. The fraction of sp³-hybridized carbons (Fsp3) is 0.882. The van der Waals surface area contributed by atoms with Crippen molar-refractivity contribution in [2.75, 3.05) is 66.5 Å². The van der Waals surface area contributed by atoms with Crippen LogP contribution in [0.25, 0.3) is 0 Å². The topological polar surface area (TPSA) is 71.1 Å². The predicted molar refractivity (Wildman–Crippen MR) is 91.9 cm³/mol. The quantitative estimate of drug-likeness (QED) is 0.543. The second-order valence-electron chi connectivity index (χ2n) is 7.47. The highest BCUT2D eigenvalue weighted by Gasteiger charge is 2.52. The van der Waals surface area contributed by atoms with Gasteiger partial charge >= 0.3 is 12.1 Å². The van der Waals surface area contributed by atoms with E-state index < -0.39 is 0 Å². The van der Waals surface area contributed by atoms with Crippen molar-refractivity contribution in [2.45, 2.75) is 31.5 Å². The summed E-state index contributed by atoms with van der Waals surface area (Å²) in [5, 5.41) is 3.36. The highest BCUT2D eigenvalue weighted by molar-refractivity contribution is 5.69. The van der Waals surface area contributed by atoms with Crippen molar-refractivity contribution in [3.8, 4) is 0 Å². The summed E-state index contributed by atoms with van der Waals surface area (Å²) in [5.41, 5.74) is 0. The molecule has 25 heavy (non-hydrogen) atoms. The zero-order valence-electron chi connectivity index (χ0n) is 15.4. The average Bonchev–Trinajstić information content (AvgIpc) is 2.97. The van der Waals surface area contributed by atoms with Gasteiger partial charge in [-0.1, -0.05) is 0 Å². The van der Waals surface area contributed by atoms with E-state index in [0.29, 0.717) is 16.9 Å². The van der Waals surface area contributed by atoms with Crippen molar-refractivity contribution in [1.29, 1.82) is 0 Å². The van der Waals surface area contributed by atoms with Gasteiger partial charge in [0.25, 0.3) is 0 Å². The lowest BCUT2D eigenvalue weighted by Gasteiger charge is -2.37. The Bertz CT molecular complexity index is 489. The molecule has 2 atom stereocenters. The number of quaternary nitrogens is 1. The molecule has 1 amide bonds. The van der Waals surface area contributed by atoms with Crippen molar-refractivity contribution in [3.63, 3.8) is 0 Å². The molecule has 142 valence electrons. The van der Waals surface area contributed by atoms with E-state index >= 15 is 0 Å². The number of nitrogens with one attached hydrogen (secondary N) is 1. The van der Waals surface area contributed by atoms with Crippen LogP contribution in [-0.2, 0) is 14.3 Å². The number of hydrogen-bond acceptors (Lipinski definition) is 7. The third kappa shape index (κ3) is 4.13. The maximum Gasteiger partial charge on any atom is 0.517 e. The Labute approximate surface area is 149 Å². The molecule has 0 aromatic rings. The van der Waals surface area contributed by atoms with Crippen LogP contribution in [0.2, 0.25) is 0 Å². The van der Waals surface area contributed by atoms with E-state index in [2.05, 4.69) is 15.1 Å². The lowest BCUT2D eigenvalue weighted by molar-refractivity contribution is -0.852. The largest absolute Gasteiger partial charge is 0.517 e. The minimum Gasteiger partial charge on any atom is -0.469 e. The number of carbonyl (C=O) groups excluding carboxylic acids is 2. The monoisotopic (exact) mass is 355 g/mol. The van der Waals surface area contributed by atoms with E-state index in [-0.39, 0.29) is 18.3 Å². The van der Waals surface area contributed by atoms with Crippen molar-refractivity contribution < 1.29 is 23.5 Å². The normalized spacial score (nSPS) is 32.6. The van der Waals surface area contributed by atoms with Crippen molar-refractivity contribution in [3.05, 3.63) is 0 Å². The molecule has 3 rings (SSSR count). The summed E-state index contributed by atoms with van der Waals surface area (Å²) in [5.74, 6) is -0.165. The zero-order valence-corrected chi connectivity index (χ0v) is 15.4. The average molecular weight is 355 g/mol. The van der Waals surface area contributed by atoms with Gasteiger partial charge in [0.1, 0.15) is 12.6 Å². The molecule has 3 aliphatic heterocycles. The Hall–Kier alpha value is -1.22. The highest BCUT2D eigenvalue weighted by Crippen LogP contribution is 2.29. The summed E-state index contributed by atoms with van der Waals surface area (Å²) in [6, 6.07) is 0.361. The van der Waals surface area contributed by atoms with E-state index in [1.807, 2.05) is 7.05 Å². The first kappa shape index (κ1) is 18.6. The van der Waals surface area contributed by atoms with Crippen LogP contribution in [0.3, 0.4) is 0 Å². The first-order chi connectivity index (χ1) is 12.0. The minimum atomic E-state index is -0.165. The number of cyclic esters (lactones) is 1. The van der Waals surface area contributed by atoms with Gasteiger partial charge in [-0.3, -0.25) is 9.69 Å². The number of esters is 1. The van der Waals surface area contributed by atoms with Crippen molar-refractivity contribution in [1.82, 2.24) is 15.1 Å². The third-order valence-corrected chi connectivity index (χ3v) is 5.98. The number of hydrogen-bond donors (Lipinski definition) is 1. The van der Waals surface area contributed by atoms with E-state index in [0.717, 1.165) is 65.2 Å². The number of methoxy groups -OCH3 is 1. The van der Waals surface area contributed by atoms with Gasteiger partial charge in [-0.05, 0) is 0 Å². The van der Waals surface area contributed by atoms with Crippen molar-refractivity contribution >= 4 is 12.1 Å². The lowest BCUT2D eigenvalue weighted by atomic mass is 10.0. The number of piperidine rings is 1. The summed E-state index contributed by atoms with van der Waals surface area (Å²) in [7, 11) is 3.46. The summed E-state index contributed by atoms with van der Waals surface area (Å²) in [6.45, 7) is 6.95. The lowest BCUT2D eigenvalue weighted by Crippen LogP contribution is -2.58. The standard InChI is InChI=1S/C17H31N4O4/c1-21(14-3-6-18-7-4-14)13-15(25-17(21)23)20-11-9-19(10-12-20)8-5-16(22)24-2/h14-15,18H,3-13H2,1-2H3/q+1. The fourth-order valence-corrected chi connectivity index (χ4v) is 4.16. The van der Waals surface area contributed by atoms with Crippen LogP contribution in [0.1, 0.15) is 19.3 Å². The second kappa shape index (κ2) is 7.99. The Morgan fingerprint density at radius 3 is 2.60 bits per heavy atom. The van der Waals surface area contributed by atoms with Crippen LogP contribution in [-0.4, -0.2) is 105 Å². The molecular formula is C17H31N4O4+. The van der Waals surface area contributed by atoms with Crippen LogP contribution >= 0.6 is 0 Å². The number of ether oxygens (including phenoxy) is 2. The maximum atomic E-state index is 12.6. The molecule has 8 heteroatoms. The van der Waals surface area contributed by atoms with Gasteiger partial charge in [-0.2, -0.15) is 4.79 Å². The second-order valence-corrected chi connectivity index (χ2v) is 7.47. The van der Waals surface area contributed by atoms with Gasteiger partial charge in [0.2, 0.25) is 6.23 Å². The molecule has 3 fully saturated rings. The summed E-state index contributed by atoms with van der Waals surface area (Å²) < 4.78 is 10.9. The minimum absolute atomic E-state index is 0.0787. The van der Waals surface area contributed by atoms with Gasteiger partial charge < -0.3 is 19.7 Å². The number of nitrogens with zero attached hydrogens (tertiary/aromatic N) is 3. The van der Waals surface area contributed by atoms with E-state index in [9.17, 15) is 9.59 Å². The van der Waals surface area contributed by atoms with Gasteiger partial charge in [-0.15, -0.1) is 0 Å². The van der Waals surface area contributed by atoms with Crippen LogP contribution < -0.4 is 5.32 Å². The van der Waals surface area contributed by atoms with Crippen LogP contribution in [0.5, 0.6) is 0 Å². The van der Waals surface area contributed by atoms with Gasteiger partial charge in [0.15, 0.2) is 0 Å². The van der Waals surface area contributed by atoms with E-state index in [1.54, 1.807) is 0 Å². The smallest absolute Gasteiger partial charge is 0.469 e. The number of rotatable bonds is 5. The molecule has 0 radical (unpaired) electrons. The van der Waals surface area contributed by atoms with Gasteiger partial charge in [0.05, 0.1) is 20.6 Å². The molecule has 3 heterocycles. The molecule has 1 N–H and O–H groups in total. The Morgan fingerprint density at radius 1 is 1.28 bits per heavy atom. The maximum absolute atomic E-state index is 12.6. The number of amides is 1. The predicted octanol–water partition coefficient (Wildman–Crippen LogP) is -0.158. The molecule has 0 aromatic carbocycles. The molecule has 0 bridgehead atoms. The molecule has 3 saturated heterocycles. The fourth-order valence-electron chi connectivity index (χ4n) is 4.16. The molecule has 2 unspecified atom stereocenters. The van der Waals surface area contributed by atoms with Crippen LogP contribution in [0, 0.1) is 0 Å². The first-order valence-electron chi connectivity index (χ1n) is 9.33. The molecule has 0 saturated carbocycles. The molecule has 0 aliphatic carbocycles. The molecular weight excluding hydrogens is 324 g/mol. The summed E-state index contributed by atoms with van der Waals surface area (Å²) in [4.78, 5) is 28.4. The van der Waals surface area contributed by atoms with Crippen LogP contribution in [0.4, 0.5) is 4.79 Å². The summed E-state index contributed by atoms with van der Waals surface area (Å²) >= 11 is 0. The SMILES string of the molecule is COC(=O)CCN1CCN(C2C[N+](C)(C3CCNCC3)C(=O)O2)CC1. The highest BCUT2D eigenvalue weighted by atomic mass is 16.6. The van der Waals surface area contributed by atoms with E-state index in [4.69, 9.17) is 9.47 Å². The molecule has 3 aliphatic rings. The Balaban J connectivity index is 1.49. The van der Waals surface area contributed by atoms with E-state index in [1.165, 1.54) is 7.11 Å². The zero-order chi connectivity index (χ0) is 17.9. The van der Waals surface area contributed by atoms with Crippen molar-refractivity contribution in [2.24, 2.45) is 0 Å². The van der Waals surface area contributed by atoms with Crippen LogP contribution in [0.15, 0.2) is 0 Å². The van der Waals surface area contributed by atoms with Gasteiger partial charge in [-0.25, -0.2) is 4.48 Å². The number of carbonyl (C=O) groups is 2. The third-order valence-electron chi connectivity index (χ3n) is 5.98. The molecule has 0 aromatic heterocycles. The van der Waals surface area contributed by atoms with Gasteiger partial charge in [0, 0.05) is 58.7 Å². The molecule has 8 nitrogen and oxygen atoms in total.